The average molecular weight is 633 g/mol. The Labute approximate surface area is 264 Å². The van der Waals surface area contributed by atoms with Gasteiger partial charge in [-0.25, -0.2) is 0 Å². The lowest BCUT2D eigenvalue weighted by molar-refractivity contribution is -0.286. The van der Waals surface area contributed by atoms with Gasteiger partial charge in [-0.2, -0.15) is 0 Å². The molecule has 4 atom stereocenters. The van der Waals surface area contributed by atoms with Crippen LogP contribution >= 0.6 is 0 Å². The van der Waals surface area contributed by atoms with Crippen LogP contribution < -0.4 is 24.8 Å². The van der Waals surface area contributed by atoms with Crippen molar-refractivity contribution in [3.63, 3.8) is 0 Å². The molecule has 2 aliphatic heterocycles. The minimum atomic E-state index is -3.74. The van der Waals surface area contributed by atoms with E-state index >= 15 is 0 Å². The van der Waals surface area contributed by atoms with E-state index in [4.69, 9.17) is 4.74 Å². The fourth-order valence-electron chi connectivity index (χ4n) is 6.94. The van der Waals surface area contributed by atoms with Crippen LogP contribution in [0.25, 0.3) is 0 Å². The first-order valence-electron chi connectivity index (χ1n) is 15.5. The number of hydrogen-bond donors (Lipinski definition) is 3. The summed E-state index contributed by atoms with van der Waals surface area (Å²) in [6, 6.07) is 16.8. The highest BCUT2D eigenvalue weighted by molar-refractivity contribution is 5.95. The largest absolute Gasteiger partial charge is 0.586 e. The second kappa shape index (κ2) is 10.7. The molecule has 2 fully saturated rings. The molecule has 2 saturated carbocycles. The van der Waals surface area contributed by atoms with Gasteiger partial charge in [-0.3, -0.25) is 14.4 Å². The number of carbonyl (C=O) groups excluding carboxylic acids is 2. The number of alkyl halides is 2. The molecule has 2 unspecified atom stereocenters. The highest BCUT2D eigenvalue weighted by atomic mass is 19.3. The van der Waals surface area contributed by atoms with E-state index in [0.29, 0.717) is 55.4 Å². The topological polar surface area (TPSA) is 123 Å². The van der Waals surface area contributed by atoms with Crippen LogP contribution in [0.4, 0.5) is 8.78 Å². The zero-order valence-electron chi connectivity index (χ0n) is 25.4. The third-order valence-corrected chi connectivity index (χ3v) is 9.82. The maximum absolute atomic E-state index is 13.9. The van der Waals surface area contributed by atoms with Crippen LogP contribution in [0.15, 0.2) is 60.7 Å². The fourth-order valence-corrected chi connectivity index (χ4v) is 6.94. The van der Waals surface area contributed by atoms with E-state index in [1.165, 1.54) is 12.1 Å². The minimum Gasteiger partial charge on any atom is -0.485 e. The Morgan fingerprint density at radius 1 is 0.913 bits per heavy atom. The molecule has 4 aliphatic rings. The standard InChI is InChI=1S/C35H34F2N2O7/c1-19-6-8-24-25(39-31(41)34(12-13-34)22-7-9-26-29(16-22)46-35(36,37)45-26)17-27(44-28(24)14-19)20-4-3-5-21(15-20)30(40)38-23-10-11-33(2,18-23)32(42)43/h3-9,14-16,23,25,27H,10-13,17-18H2,1-2H3,(H,38,40)(H,39,41)(H,42,43)/t23?,25-,27-,33?/m1/s1. The Kier molecular flexibility index (Phi) is 6.99. The van der Waals surface area contributed by atoms with Crippen molar-refractivity contribution in [3.8, 4) is 17.2 Å². The zero-order chi connectivity index (χ0) is 32.4. The Balaban J connectivity index is 1.10. The van der Waals surface area contributed by atoms with Crippen molar-refractivity contribution in [1.82, 2.24) is 10.6 Å². The molecule has 9 nitrogen and oxygen atoms in total. The molecule has 0 bridgehead atoms. The summed E-state index contributed by atoms with van der Waals surface area (Å²) >= 11 is 0. The SMILES string of the molecule is Cc1ccc2c(c1)O[C@@H](c1cccc(C(=O)NC3CCC(C)(C(=O)O)C3)c1)C[C@H]2NC(=O)C1(c2ccc3c(c2)OC(F)(F)O3)CC1. The Bertz CT molecular complexity index is 1760. The van der Waals surface area contributed by atoms with E-state index in [1.807, 2.05) is 31.2 Å². The quantitative estimate of drug-likeness (QED) is 0.288. The maximum Gasteiger partial charge on any atom is 0.586 e. The smallest absolute Gasteiger partial charge is 0.485 e. The predicted molar refractivity (Wildman–Crippen MR) is 161 cm³/mol. The second-order valence-electron chi connectivity index (χ2n) is 13.2. The van der Waals surface area contributed by atoms with Gasteiger partial charge < -0.3 is 30.0 Å². The molecular weight excluding hydrogens is 598 g/mol. The number of benzene rings is 3. The summed E-state index contributed by atoms with van der Waals surface area (Å²) < 4.78 is 42.9. The number of rotatable bonds is 7. The minimum absolute atomic E-state index is 0.0700. The van der Waals surface area contributed by atoms with Crippen LogP contribution in [0.1, 0.15) is 90.2 Å². The number of aliphatic carboxylic acids is 1. The number of halogens is 2. The first-order valence-corrected chi connectivity index (χ1v) is 15.5. The molecule has 3 aromatic carbocycles. The number of carboxylic acids is 1. The van der Waals surface area contributed by atoms with Crippen LogP contribution in [0.2, 0.25) is 0 Å². The number of aryl methyl sites for hydroxylation is 1. The summed E-state index contributed by atoms with van der Waals surface area (Å²) in [6.45, 7) is 3.66. The first kappa shape index (κ1) is 30.0. The summed E-state index contributed by atoms with van der Waals surface area (Å²) in [7, 11) is 0. The molecule has 0 saturated heterocycles. The van der Waals surface area contributed by atoms with Crippen LogP contribution in [0, 0.1) is 12.3 Å². The highest BCUT2D eigenvalue weighted by Crippen LogP contribution is 2.53. The van der Waals surface area contributed by atoms with Crippen LogP contribution in [-0.2, 0) is 15.0 Å². The molecule has 240 valence electrons. The lowest BCUT2D eigenvalue weighted by Gasteiger charge is -2.34. The summed E-state index contributed by atoms with van der Waals surface area (Å²) in [5.41, 5.74) is 1.87. The molecule has 7 rings (SSSR count). The van der Waals surface area contributed by atoms with Crippen molar-refractivity contribution in [1.29, 1.82) is 0 Å². The lowest BCUT2D eigenvalue weighted by atomic mass is 9.89. The van der Waals surface area contributed by atoms with Crippen LogP contribution in [0.5, 0.6) is 17.2 Å². The van der Waals surface area contributed by atoms with Gasteiger partial charge in [-0.1, -0.05) is 30.3 Å². The molecule has 2 amide bonds. The Morgan fingerprint density at radius 2 is 1.70 bits per heavy atom. The third kappa shape index (κ3) is 5.41. The van der Waals surface area contributed by atoms with E-state index in [-0.39, 0.29) is 29.4 Å². The zero-order valence-corrected chi connectivity index (χ0v) is 25.4. The van der Waals surface area contributed by atoms with Crippen molar-refractivity contribution < 1.29 is 42.5 Å². The Morgan fingerprint density at radius 3 is 2.43 bits per heavy atom. The monoisotopic (exact) mass is 632 g/mol. The van der Waals surface area contributed by atoms with Crippen molar-refractivity contribution in [2.24, 2.45) is 5.41 Å². The number of amides is 2. The van der Waals surface area contributed by atoms with Crippen LogP contribution in [0.3, 0.4) is 0 Å². The fraction of sp³-hybridized carbons (Fsp3) is 0.400. The molecule has 0 aromatic heterocycles. The van der Waals surface area contributed by atoms with Gasteiger partial charge in [-0.15, -0.1) is 8.78 Å². The first-order chi connectivity index (χ1) is 21.8. The van der Waals surface area contributed by atoms with Gasteiger partial charge in [0, 0.05) is 23.6 Å². The summed E-state index contributed by atoms with van der Waals surface area (Å²) in [6.07, 6.45) is -1.23. The van der Waals surface area contributed by atoms with E-state index in [0.717, 1.165) is 16.7 Å². The van der Waals surface area contributed by atoms with Gasteiger partial charge in [0.05, 0.1) is 16.9 Å². The lowest BCUT2D eigenvalue weighted by Crippen LogP contribution is -2.39. The summed E-state index contributed by atoms with van der Waals surface area (Å²) in [5.74, 6) is -0.888. The van der Waals surface area contributed by atoms with Gasteiger partial charge in [0.1, 0.15) is 11.9 Å². The van der Waals surface area contributed by atoms with E-state index < -0.39 is 35.2 Å². The second-order valence-corrected chi connectivity index (χ2v) is 13.2. The predicted octanol–water partition coefficient (Wildman–Crippen LogP) is 6.10. The molecule has 2 aliphatic carbocycles. The molecule has 2 heterocycles. The van der Waals surface area contributed by atoms with Gasteiger partial charge in [0.2, 0.25) is 5.91 Å². The molecule has 3 N–H and O–H groups in total. The normalized spacial score (nSPS) is 26.4. The molecule has 3 aromatic rings. The number of carbonyl (C=O) groups is 3. The summed E-state index contributed by atoms with van der Waals surface area (Å²) in [4.78, 5) is 38.7. The van der Waals surface area contributed by atoms with E-state index in [9.17, 15) is 28.3 Å². The van der Waals surface area contributed by atoms with Crippen molar-refractivity contribution >= 4 is 17.8 Å². The van der Waals surface area contributed by atoms with Gasteiger partial charge in [0.15, 0.2) is 11.5 Å². The van der Waals surface area contributed by atoms with Gasteiger partial charge in [0.25, 0.3) is 5.91 Å². The van der Waals surface area contributed by atoms with Crippen molar-refractivity contribution in [3.05, 3.63) is 88.5 Å². The molecular formula is C35H34F2N2O7. The van der Waals surface area contributed by atoms with E-state index in [1.54, 1.807) is 31.2 Å². The number of nitrogens with one attached hydrogen (secondary N) is 2. The molecule has 46 heavy (non-hydrogen) atoms. The van der Waals surface area contributed by atoms with Crippen molar-refractivity contribution in [2.45, 2.75) is 82.3 Å². The molecule has 0 spiro atoms. The number of hydrogen-bond acceptors (Lipinski definition) is 6. The molecule has 11 heteroatoms. The number of fused-ring (bicyclic) bond motifs is 2. The molecule has 0 radical (unpaired) electrons. The number of ether oxygens (including phenoxy) is 3. The van der Waals surface area contributed by atoms with Gasteiger partial charge >= 0.3 is 12.3 Å². The van der Waals surface area contributed by atoms with Gasteiger partial charge in [-0.05, 0) is 93.0 Å². The summed E-state index contributed by atoms with van der Waals surface area (Å²) in [5, 5.41) is 15.8. The van der Waals surface area contributed by atoms with Crippen molar-refractivity contribution in [2.75, 3.05) is 0 Å². The maximum atomic E-state index is 13.9. The van der Waals surface area contributed by atoms with Crippen LogP contribution in [-0.4, -0.2) is 35.2 Å². The Hall–Kier alpha value is -4.67. The third-order valence-electron chi connectivity index (χ3n) is 9.82. The average Bonchev–Trinajstić information content (AvgIpc) is 3.65. The highest BCUT2D eigenvalue weighted by Gasteiger charge is 2.53. The van der Waals surface area contributed by atoms with E-state index in [2.05, 4.69) is 20.1 Å². The number of carboxylic acid groups (broad SMARTS) is 1.